The van der Waals surface area contributed by atoms with Crippen LogP contribution in [0, 0.1) is 6.92 Å². The number of fused-ring (bicyclic) bond motifs is 1. The van der Waals surface area contributed by atoms with Gasteiger partial charge in [-0.3, -0.25) is 9.36 Å². The van der Waals surface area contributed by atoms with Gasteiger partial charge in [-0.1, -0.05) is 41.1 Å². The second kappa shape index (κ2) is 8.18. The normalized spacial score (nSPS) is 11.6. The number of aromatic nitrogens is 3. The number of alkyl halides is 3. The minimum atomic E-state index is -4.78. The Labute approximate surface area is 190 Å². The van der Waals surface area contributed by atoms with Gasteiger partial charge in [-0.2, -0.15) is 4.98 Å². The first-order chi connectivity index (χ1) is 16.3. The number of nitrogens with zero attached hydrogens (tertiary/aromatic N) is 3. The predicted octanol–water partition coefficient (Wildman–Crippen LogP) is 5.91. The SMILES string of the molecule is Cc1ccc(-n2cc(-c3nc(-c4ccc(OC(F)(F)F)cc4)no3)c3ccccc3c2=O)cc1. The zero-order valence-electron chi connectivity index (χ0n) is 17.7. The first-order valence-corrected chi connectivity index (χ1v) is 10.2. The molecular formula is C25H16F3N3O3. The van der Waals surface area contributed by atoms with Crippen molar-refractivity contribution in [2.45, 2.75) is 13.3 Å². The van der Waals surface area contributed by atoms with Crippen molar-refractivity contribution >= 4 is 10.8 Å². The molecule has 34 heavy (non-hydrogen) atoms. The van der Waals surface area contributed by atoms with E-state index in [-0.39, 0.29) is 23.0 Å². The Morgan fingerprint density at radius 1 is 0.912 bits per heavy atom. The maximum atomic E-state index is 13.2. The molecule has 9 heteroatoms. The van der Waals surface area contributed by atoms with Gasteiger partial charge < -0.3 is 9.26 Å². The average molecular weight is 463 g/mol. The standard InChI is InChI=1S/C25H16F3N3O3/c1-15-6-10-17(11-7-15)31-14-21(19-4-2-3-5-20(19)24(31)32)23-29-22(30-34-23)16-8-12-18(13-9-16)33-25(26,27)28/h2-14H,1H3. The lowest BCUT2D eigenvalue weighted by atomic mass is 10.1. The molecule has 0 bridgehead atoms. The van der Waals surface area contributed by atoms with Gasteiger partial charge in [0.1, 0.15) is 5.75 Å². The highest BCUT2D eigenvalue weighted by atomic mass is 19.4. The highest BCUT2D eigenvalue weighted by Crippen LogP contribution is 2.30. The molecule has 0 N–H and O–H groups in total. The molecule has 2 aromatic heterocycles. The van der Waals surface area contributed by atoms with Crippen molar-refractivity contribution < 1.29 is 22.4 Å². The van der Waals surface area contributed by atoms with Gasteiger partial charge in [0, 0.05) is 28.2 Å². The fraction of sp³-hybridized carbons (Fsp3) is 0.0800. The lowest BCUT2D eigenvalue weighted by Crippen LogP contribution is -2.18. The van der Waals surface area contributed by atoms with Crippen molar-refractivity contribution in [3.05, 3.63) is 94.9 Å². The van der Waals surface area contributed by atoms with E-state index in [1.807, 2.05) is 31.2 Å². The molecule has 170 valence electrons. The summed E-state index contributed by atoms with van der Waals surface area (Å²) in [5.41, 5.74) is 2.55. The lowest BCUT2D eigenvalue weighted by Gasteiger charge is -2.10. The van der Waals surface area contributed by atoms with Crippen LogP contribution < -0.4 is 10.3 Å². The number of halogens is 3. The molecule has 0 spiro atoms. The molecule has 0 radical (unpaired) electrons. The number of rotatable bonds is 4. The summed E-state index contributed by atoms with van der Waals surface area (Å²) >= 11 is 0. The Balaban J connectivity index is 1.58. The first kappa shape index (κ1) is 21.4. The van der Waals surface area contributed by atoms with Gasteiger partial charge in [0.05, 0.1) is 5.56 Å². The second-order valence-corrected chi connectivity index (χ2v) is 7.59. The largest absolute Gasteiger partial charge is 0.573 e. The van der Waals surface area contributed by atoms with Crippen molar-refractivity contribution in [3.63, 3.8) is 0 Å². The summed E-state index contributed by atoms with van der Waals surface area (Å²) in [7, 11) is 0. The van der Waals surface area contributed by atoms with Gasteiger partial charge in [0.15, 0.2) is 0 Å². The van der Waals surface area contributed by atoms with Crippen molar-refractivity contribution in [3.8, 4) is 34.3 Å². The second-order valence-electron chi connectivity index (χ2n) is 7.59. The molecule has 0 saturated heterocycles. The molecule has 0 aliphatic rings. The Hall–Kier alpha value is -4.40. The number of hydrogen-bond acceptors (Lipinski definition) is 5. The Morgan fingerprint density at radius 3 is 2.26 bits per heavy atom. The van der Waals surface area contributed by atoms with E-state index in [9.17, 15) is 18.0 Å². The Kier molecular flexibility index (Phi) is 5.16. The van der Waals surface area contributed by atoms with Crippen molar-refractivity contribution in [1.82, 2.24) is 14.7 Å². The number of aryl methyl sites for hydroxylation is 1. The molecule has 5 rings (SSSR count). The summed E-state index contributed by atoms with van der Waals surface area (Å²) in [5.74, 6) is 0.00421. The van der Waals surface area contributed by atoms with Crippen LogP contribution in [0.3, 0.4) is 0 Å². The van der Waals surface area contributed by atoms with Gasteiger partial charge in [0.25, 0.3) is 11.4 Å². The van der Waals surface area contributed by atoms with Gasteiger partial charge in [-0.05, 0) is 49.4 Å². The summed E-state index contributed by atoms with van der Waals surface area (Å²) in [6.45, 7) is 1.96. The maximum absolute atomic E-state index is 13.2. The summed E-state index contributed by atoms with van der Waals surface area (Å²) in [6, 6.07) is 19.8. The summed E-state index contributed by atoms with van der Waals surface area (Å²) in [5, 5.41) is 5.09. The summed E-state index contributed by atoms with van der Waals surface area (Å²) in [4.78, 5) is 17.6. The van der Waals surface area contributed by atoms with E-state index < -0.39 is 6.36 Å². The van der Waals surface area contributed by atoms with Crippen molar-refractivity contribution in [2.75, 3.05) is 0 Å². The smallest absolute Gasteiger partial charge is 0.406 e. The van der Waals surface area contributed by atoms with Crippen LogP contribution in [0.4, 0.5) is 13.2 Å². The number of ether oxygens (including phenoxy) is 1. The van der Waals surface area contributed by atoms with Gasteiger partial charge in [-0.15, -0.1) is 13.2 Å². The van der Waals surface area contributed by atoms with E-state index >= 15 is 0 Å². The molecule has 6 nitrogen and oxygen atoms in total. The quantitative estimate of drug-likeness (QED) is 0.331. The zero-order chi connectivity index (χ0) is 23.9. The first-order valence-electron chi connectivity index (χ1n) is 10.2. The minimum Gasteiger partial charge on any atom is -0.406 e. The topological polar surface area (TPSA) is 70.2 Å². The molecule has 2 heterocycles. The van der Waals surface area contributed by atoms with Gasteiger partial charge in [-0.25, -0.2) is 0 Å². The fourth-order valence-corrected chi connectivity index (χ4v) is 3.61. The van der Waals surface area contributed by atoms with E-state index in [1.165, 1.54) is 28.8 Å². The van der Waals surface area contributed by atoms with E-state index in [4.69, 9.17) is 4.52 Å². The molecule has 0 unspecified atom stereocenters. The van der Waals surface area contributed by atoms with Crippen LogP contribution in [0.5, 0.6) is 5.75 Å². The van der Waals surface area contributed by atoms with Crippen LogP contribution in [0.2, 0.25) is 0 Å². The summed E-state index contributed by atoms with van der Waals surface area (Å²) in [6.07, 6.45) is -3.13. The van der Waals surface area contributed by atoms with Crippen LogP contribution in [-0.4, -0.2) is 21.1 Å². The number of benzene rings is 3. The molecule has 0 amide bonds. The van der Waals surface area contributed by atoms with Crippen LogP contribution in [0.25, 0.3) is 39.3 Å². The molecule has 0 saturated carbocycles. The van der Waals surface area contributed by atoms with Crippen molar-refractivity contribution in [1.29, 1.82) is 0 Å². The highest BCUT2D eigenvalue weighted by molar-refractivity contribution is 5.94. The monoisotopic (exact) mass is 463 g/mol. The molecule has 0 aliphatic heterocycles. The lowest BCUT2D eigenvalue weighted by molar-refractivity contribution is -0.274. The summed E-state index contributed by atoms with van der Waals surface area (Å²) < 4.78 is 48.1. The molecule has 3 aromatic carbocycles. The maximum Gasteiger partial charge on any atom is 0.573 e. The van der Waals surface area contributed by atoms with E-state index in [0.717, 1.165) is 5.56 Å². The minimum absolute atomic E-state index is 0.169. The Bertz CT molecular complexity index is 1540. The number of hydrogen-bond donors (Lipinski definition) is 0. The van der Waals surface area contributed by atoms with Crippen LogP contribution in [-0.2, 0) is 0 Å². The molecule has 0 aliphatic carbocycles. The van der Waals surface area contributed by atoms with E-state index in [0.29, 0.717) is 27.6 Å². The van der Waals surface area contributed by atoms with Crippen molar-refractivity contribution in [2.24, 2.45) is 0 Å². The third-order valence-corrected chi connectivity index (χ3v) is 5.24. The van der Waals surface area contributed by atoms with Gasteiger partial charge in [0.2, 0.25) is 5.82 Å². The fourth-order valence-electron chi connectivity index (χ4n) is 3.61. The Morgan fingerprint density at radius 2 is 1.59 bits per heavy atom. The third kappa shape index (κ3) is 4.15. The molecule has 5 aromatic rings. The average Bonchev–Trinajstić information content (AvgIpc) is 3.30. The molecule has 0 fully saturated rings. The molecule has 0 atom stereocenters. The van der Waals surface area contributed by atoms with Crippen LogP contribution in [0.1, 0.15) is 5.56 Å². The molecular weight excluding hydrogens is 447 g/mol. The van der Waals surface area contributed by atoms with Crippen LogP contribution >= 0.6 is 0 Å². The van der Waals surface area contributed by atoms with Crippen LogP contribution in [0.15, 0.2) is 88.3 Å². The number of pyridine rings is 1. The predicted molar refractivity (Wildman–Crippen MR) is 120 cm³/mol. The van der Waals surface area contributed by atoms with E-state index in [1.54, 1.807) is 30.5 Å². The third-order valence-electron chi connectivity index (χ3n) is 5.24. The highest BCUT2D eigenvalue weighted by Gasteiger charge is 2.31. The zero-order valence-corrected chi connectivity index (χ0v) is 17.7. The van der Waals surface area contributed by atoms with Gasteiger partial charge >= 0.3 is 6.36 Å². The van der Waals surface area contributed by atoms with E-state index in [2.05, 4.69) is 14.9 Å².